The monoisotopic (exact) mass is 258 g/mol. The molecular weight excluding hydrogens is 240 g/mol. The van der Waals surface area contributed by atoms with Gasteiger partial charge in [0.25, 0.3) is 0 Å². The fourth-order valence-electron chi connectivity index (χ4n) is 2.48. The van der Waals surface area contributed by atoms with Crippen molar-refractivity contribution in [1.29, 1.82) is 0 Å². The molecule has 3 rings (SSSR count). The summed E-state index contributed by atoms with van der Waals surface area (Å²) in [7, 11) is 0. The van der Waals surface area contributed by atoms with E-state index in [9.17, 15) is 0 Å². The van der Waals surface area contributed by atoms with Gasteiger partial charge in [0.2, 0.25) is 11.7 Å². The van der Waals surface area contributed by atoms with E-state index in [2.05, 4.69) is 27.4 Å². The summed E-state index contributed by atoms with van der Waals surface area (Å²) in [5.74, 6) is 2.01. The van der Waals surface area contributed by atoms with E-state index in [1.165, 1.54) is 6.42 Å². The van der Waals surface area contributed by atoms with E-state index in [-0.39, 0.29) is 6.04 Å². The molecule has 1 aliphatic heterocycles. The summed E-state index contributed by atoms with van der Waals surface area (Å²) >= 11 is 0. The van der Waals surface area contributed by atoms with Crippen molar-refractivity contribution in [2.75, 3.05) is 6.54 Å². The number of hydrogen-bond acceptors (Lipinski definition) is 5. The van der Waals surface area contributed by atoms with Crippen LogP contribution in [0.4, 0.5) is 0 Å². The molecule has 1 N–H and O–H groups in total. The van der Waals surface area contributed by atoms with Crippen LogP contribution in [0.2, 0.25) is 0 Å². The molecule has 1 saturated heterocycles. The van der Waals surface area contributed by atoms with Gasteiger partial charge in [0.1, 0.15) is 0 Å². The van der Waals surface area contributed by atoms with Crippen molar-refractivity contribution in [2.45, 2.75) is 32.7 Å². The molecule has 19 heavy (non-hydrogen) atoms. The van der Waals surface area contributed by atoms with E-state index in [0.29, 0.717) is 17.6 Å². The van der Waals surface area contributed by atoms with Gasteiger partial charge in [-0.05, 0) is 43.9 Å². The molecule has 0 aromatic carbocycles. The van der Waals surface area contributed by atoms with E-state index < -0.39 is 0 Å². The van der Waals surface area contributed by atoms with E-state index in [1.807, 2.05) is 13.0 Å². The fraction of sp³-hybridized carbons (Fsp3) is 0.500. The third-order valence-electron chi connectivity index (χ3n) is 3.69. The number of rotatable bonds is 2. The Morgan fingerprint density at radius 2 is 2.32 bits per heavy atom. The summed E-state index contributed by atoms with van der Waals surface area (Å²) in [6, 6.07) is 2.13. The van der Waals surface area contributed by atoms with Crippen LogP contribution in [0.15, 0.2) is 23.0 Å². The molecule has 100 valence electrons. The second-order valence-electron chi connectivity index (χ2n) is 5.28. The average Bonchev–Trinajstić information content (AvgIpc) is 2.89. The van der Waals surface area contributed by atoms with Crippen LogP contribution in [0, 0.1) is 12.8 Å². The molecule has 5 nitrogen and oxygen atoms in total. The highest BCUT2D eigenvalue weighted by Crippen LogP contribution is 2.27. The number of nitrogens with zero attached hydrogens (tertiary/aromatic N) is 3. The summed E-state index contributed by atoms with van der Waals surface area (Å²) < 4.78 is 5.41. The lowest BCUT2D eigenvalue weighted by molar-refractivity contribution is 0.260. The minimum Gasteiger partial charge on any atom is -0.337 e. The first-order valence-corrected chi connectivity index (χ1v) is 6.72. The molecule has 0 amide bonds. The molecule has 0 spiro atoms. The van der Waals surface area contributed by atoms with Crippen LogP contribution in [0.25, 0.3) is 11.4 Å². The Kier molecular flexibility index (Phi) is 3.29. The van der Waals surface area contributed by atoms with E-state index in [0.717, 1.165) is 24.1 Å². The number of nitrogens with one attached hydrogen (secondary N) is 1. The van der Waals surface area contributed by atoms with Crippen LogP contribution < -0.4 is 5.32 Å². The summed E-state index contributed by atoms with van der Waals surface area (Å²) in [5.41, 5.74) is 2.04. The van der Waals surface area contributed by atoms with Crippen molar-refractivity contribution < 1.29 is 4.52 Å². The zero-order valence-electron chi connectivity index (χ0n) is 11.3. The SMILES string of the molecule is Cc1ccncc1-c1noc(C2CC(C)CCN2)n1. The lowest BCUT2D eigenvalue weighted by Crippen LogP contribution is -2.30. The molecule has 0 aliphatic carbocycles. The van der Waals surface area contributed by atoms with Gasteiger partial charge in [0.05, 0.1) is 6.04 Å². The Bertz CT molecular complexity index is 566. The van der Waals surface area contributed by atoms with Gasteiger partial charge in [-0.2, -0.15) is 4.98 Å². The topological polar surface area (TPSA) is 63.8 Å². The number of piperidine rings is 1. The van der Waals surface area contributed by atoms with Crippen LogP contribution in [0.3, 0.4) is 0 Å². The smallest absolute Gasteiger partial charge is 0.244 e. The number of hydrogen-bond donors (Lipinski definition) is 1. The first-order valence-electron chi connectivity index (χ1n) is 6.72. The van der Waals surface area contributed by atoms with Crippen molar-refractivity contribution in [3.8, 4) is 11.4 Å². The van der Waals surface area contributed by atoms with Crippen molar-refractivity contribution in [3.05, 3.63) is 29.9 Å². The first-order chi connectivity index (χ1) is 9.24. The molecular formula is C14H18N4O. The molecule has 2 atom stereocenters. The molecule has 5 heteroatoms. The van der Waals surface area contributed by atoms with Gasteiger partial charge in [-0.3, -0.25) is 4.98 Å². The van der Waals surface area contributed by atoms with Crippen molar-refractivity contribution in [3.63, 3.8) is 0 Å². The van der Waals surface area contributed by atoms with Crippen molar-refractivity contribution in [2.24, 2.45) is 5.92 Å². The number of aryl methyl sites for hydroxylation is 1. The molecule has 2 unspecified atom stereocenters. The van der Waals surface area contributed by atoms with E-state index >= 15 is 0 Å². The Balaban J connectivity index is 1.85. The quantitative estimate of drug-likeness (QED) is 0.896. The third-order valence-corrected chi connectivity index (χ3v) is 3.69. The molecule has 0 saturated carbocycles. The minimum absolute atomic E-state index is 0.182. The molecule has 2 aromatic heterocycles. The lowest BCUT2D eigenvalue weighted by atomic mass is 9.94. The lowest BCUT2D eigenvalue weighted by Gasteiger charge is -2.25. The average molecular weight is 258 g/mol. The van der Waals surface area contributed by atoms with E-state index in [4.69, 9.17) is 4.52 Å². The zero-order valence-corrected chi connectivity index (χ0v) is 11.3. The van der Waals surface area contributed by atoms with Gasteiger partial charge >= 0.3 is 0 Å². The second kappa shape index (κ2) is 5.09. The predicted octanol–water partition coefficient (Wildman–Crippen LogP) is 2.50. The van der Waals surface area contributed by atoms with Crippen LogP contribution in [0.1, 0.15) is 37.3 Å². The molecule has 1 fully saturated rings. The van der Waals surface area contributed by atoms with Crippen molar-refractivity contribution in [1.82, 2.24) is 20.4 Å². The Morgan fingerprint density at radius 3 is 3.11 bits per heavy atom. The number of aromatic nitrogens is 3. The maximum atomic E-state index is 5.41. The normalized spacial score (nSPS) is 23.5. The second-order valence-corrected chi connectivity index (χ2v) is 5.28. The molecule has 1 aliphatic rings. The Labute approximate surface area is 112 Å². The number of pyridine rings is 1. The zero-order chi connectivity index (χ0) is 13.2. The van der Waals surface area contributed by atoms with Gasteiger partial charge in [-0.25, -0.2) is 0 Å². The largest absolute Gasteiger partial charge is 0.337 e. The minimum atomic E-state index is 0.182. The van der Waals surface area contributed by atoms with Gasteiger partial charge in [0, 0.05) is 18.0 Å². The van der Waals surface area contributed by atoms with Crippen LogP contribution in [-0.2, 0) is 0 Å². The maximum absolute atomic E-state index is 5.41. The molecule has 0 radical (unpaired) electrons. The molecule has 2 aromatic rings. The highest BCUT2D eigenvalue weighted by atomic mass is 16.5. The Hall–Kier alpha value is -1.75. The highest BCUT2D eigenvalue weighted by Gasteiger charge is 2.25. The van der Waals surface area contributed by atoms with Crippen molar-refractivity contribution >= 4 is 0 Å². The van der Waals surface area contributed by atoms with Gasteiger partial charge in [-0.15, -0.1) is 0 Å². The van der Waals surface area contributed by atoms with Crippen LogP contribution in [0.5, 0.6) is 0 Å². The van der Waals surface area contributed by atoms with E-state index in [1.54, 1.807) is 12.4 Å². The van der Waals surface area contributed by atoms with Crippen LogP contribution in [-0.4, -0.2) is 21.7 Å². The summed E-state index contributed by atoms with van der Waals surface area (Å²) in [6.45, 7) is 5.29. The third kappa shape index (κ3) is 2.51. The Morgan fingerprint density at radius 1 is 1.42 bits per heavy atom. The molecule has 3 heterocycles. The predicted molar refractivity (Wildman–Crippen MR) is 71.4 cm³/mol. The summed E-state index contributed by atoms with van der Waals surface area (Å²) in [5, 5.41) is 7.51. The van der Waals surface area contributed by atoms with Gasteiger partial charge in [-0.1, -0.05) is 12.1 Å². The molecule has 0 bridgehead atoms. The maximum Gasteiger partial charge on any atom is 0.244 e. The first kappa shape index (κ1) is 12.3. The summed E-state index contributed by atoms with van der Waals surface area (Å²) in [6.07, 6.45) is 5.80. The van der Waals surface area contributed by atoms with Gasteiger partial charge in [0.15, 0.2) is 0 Å². The van der Waals surface area contributed by atoms with Crippen LogP contribution >= 0.6 is 0 Å². The highest BCUT2D eigenvalue weighted by molar-refractivity contribution is 5.57. The standard InChI is InChI=1S/C14H18N4O/c1-9-3-6-16-12(7-9)14-17-13(18-19-14)11-8-15-5-4-10(11)2/h4-5,8-9,12,16H,3,6-7H2,1-2H3. The van der Waals surface area contributed by atoms with Gasteiger partial charge < -0.3 is 9.84 Å². The fourth-order valence-corrected chi connectivity index (χ4v) is 2.48. The summed E-state index contributed by atoms with van der Waals surface area (Å²) in [4.78, 5) is 8.64.